The van der Waals surface area contributed by atoms with Crippen molar-refractivity contribution in [1.82, 2.24) is 0 Å². The number of fused-ring (bicyclic) bond motifs is 1. The number of amides is 1. The highest BCUT2D eigenvalue weighted by atomic mass is 35.5. The monoisotopic (exact) mass is 344 g/mol. The Morgan fingerprint density at radius 3 is 2.58 bits per heavy atom. The van der Waals surface area contributed by atoms with Crippen LogP contribution in [0.4, 0.5) is 5.69 Å². The van der Waals surface area contributed by atoms with Gasteiger partial charge in [0.2, 0.25) is 5.91 Å². The first-order chi connectivity index (χ1) is 11.1. The van der Waals surface area contributed by atoms with Crippen LogP contribution in [-0.2, 0) is 11.2 Å². The number of hydrogen-bond donors (Lipinski definition) is 1. The molecule has 1 heterocycles. The zero-order valence-corrected chi connectivity index (χ0v) is 15.1. The van der Waals surface area contributed by atoms with Gasteiger partial charge in [0, 0.05) is 18.3 Å². The predicted octanol–water partition coefficient (Wildman–Crippen LogP) is 4.03. The second-order valence-electron chi connectivity index (χ2n) is 6.45. The third-order valence-electron chi connectivity index (χ3n) is 4.73. The number of carbonyl (C=O) groups is 1. The number of halogens is 1. The van der Waals surface area contributed by atoms with Gasteiger partial charge >= 0.3 is 0 Å². The van der Waals surface area contributed by atoms with Crippen molar-refractivity contribution in [2.45, 2.75) is 32.7 Å². The molecule has 1 aliphatic rings. The Kier molecular flexibility index (Phi) is 6.03. The summed E-state index contributed by atoms with van der Waals surface area (Å²) in [5.41, 5.74) is 10.9. The minimum atomic E-state index is -0.278. The molecule has 2 aromatic carbocycles. The first-order valence-electron chi connectivity index (χ1n) is 8.29. The second kappa shape index (κ2) is 7.82. The minimum absolute atomic E-state index is 0. The Morgan fingerprint density at radius 2 is 1.88 bits per heavy atom. The predicted molar refractivity (Wildman–Crippen MR) is 102 cm³/mol. The molecule has 0 aliphatic carbocycles. The number of rotatable bonds is 3. The Morgan fingerprint density at radius 1 is 1.17 bits per heavy atom. The smallest absolute Gasteiger partial charge is 0.231 e. The number of carbonyl (C=O) groups excluding carboxylic acids is 1. The fraction of sp³-hybridized carbons (Fsp3) is 0.350. The topological polar surface area (TPSA) is 46.3 Å². The summed E-state index contributed by atoms with van der Waals surface area (Å²) in [7, 11) is 0. The van der Waals surface area contributed by atoms with E-state index >= 15 is 0 Å². The molecule has 3 nitrogen and oxygen atoms in total. The van der Waals surface area contributed by atoms with Gasteiger partial charge in [0.1, 0.15) is 0 Å². The number of hydrogen-bond acceptors (Lipinski definition) is 2. The van der Waals surface area contributed by atoms with Crippen molar-refractivity contribution in [3.63, 3.8) is 0 Å². The van der Waals surface area contributed by atoms with E-state index in [-0.39, 0.29) is 30.3 Å². The molecular weight excluding hydrogens is 320 g/mol. The number of benzene rings is 2. The van der Waals surface area contributed by atoms with Crippen LogP contribution in [0.3, 0.4) is 0 Å². The van der Waals surface area contributed by atoms with Crippen molar-refractivity contribution in [2.24, 2.45) is 11.7 Å². The highest BCUT2D eigenvalue weighted by molar-refractivity contribution is 5.96. The normalized spacial score (nSPS) is 15.9. The molecule has 0 spiro atoms. The minimum Gasteiger partial charge on any atom is -0.323 e. The van der Waals surface area contributed by atoms with Crippen molar-refractivity contribution < 1.29 is 4.79 Å². The number of anilines is 1. The van der Waals surface area contributed by atoms with Gasteiger partial charge in [-0.1, -0.05) is 55.0 Å². The summed E-state index contributed by atoms with van der Waals surface area (Å²) in [4.78, 5) is 14.9. The maximum absolute atomic E-state index is 13.0. The van der Waals surface area contributed by atoms with E-state index in [1.807, 2.05) is 42.2 Å². The van der Waals surface area contributed by atoms with Crippen LogP contribution in [0.2, 0.25) is 0 Å². The van der Waals surface area contributed by atoms with E-state index < -0.39 is 0 Å². The standard InChI is InChI=1S/C20H24N2O.ClH/c1-14-10-11-18-17(13-14)9-6-12-22(18)20(23)15(2)19(21)16-7-4-3-5-8-16;/h3-5,7-8,10-11,13,15,19H,6,9,12,21H2,1-2H3;1H. The summed E-state index contributed by atoms with van der Waals surface area (Å²) < 4.78 is 0. The van der Waals surface area contributed by atoms with E-state index in [0.717, 1.165) is 30.6 Å². The van der Waals surface area contributed by atoms with E-state index in [4.69, 9.17) is 5.73 Å². The third-order valence-corrected chi connectivity index (χ3v) is 4.73. The van der Waals surface area contributed by atoms with Crippen LogP contribution in [0.15, 0.2) is 48.5 Å². The summed E-state index contributed by atoms with van der Waals surface area (Å²) in [6.45, 7) is 4.80. The van der Waals surface area contributed by atoms with Gasteiger partial charge in [-0.25, -0.2) is 0 Å². The lowest BCUT2D eigenvalue weighted by Gasteiger charge is -2.33. The number of nitrogens with two attached hydrogens (primary N) is 1. The second-order valence-corrected chi connectivity index (χ2v) is 6.45. The fourth-order valence-electron chi connectivity index (χ4n) is 3.32. The Balaban J connectivity index is 0.00000208. The lowest BCUT2D eigenvalue weighted by Crippen LogP contribution is -2.42. The molecule has 2 aromatic rings. The molecule has 2 N–H and O–H groups in total. The van der Waals surface area contributed by atoms with Gasteiger partial charge in [0.15, 0.2) is 0 Å². The summed E-state index contributed by atoms with van der Waals surface area (Å²) in [5, 5.41) is 0. The molecule has 3 rings (SSSR count). The highest BCUT2D eigenvalue weighted by Crippen LogP contribution is 2.31. The van der Waals surface area contributed by atoms with E-state index in [2.05, 4.69) is 25.1 Å². The van der Waals surface area contributed by atoms with Crippen molar-refractivity contribution in [3.8, 4) is 0 Å². The van der Waals surface area contributed by atoms with E-state index in [1.165, 1.54) is 11.1 Å². The molecule has 1 aliphatic heterocycles. The Bertz CT molecular complexity index is 702. The van der Waals surface area contributed by atoms with Crippen LogP contribution in [-0.4, -0.2) is 12.5 Å². The van der Waals surface area contributed by atoms with Gasteiger partial charge in [0.25, 0.3) is 0 Å². The SMILES string of the molecule is Cc1ccc2c(c1)CCCN2C(=O)C(C)C(N)c1ccccc1.Cl. The van der Waals surface area contributed by atoms with Crippen molar-refractivity contribution in [2.75, 3.05) is 11.4 Å². The van der Waals surface area contributed by atoms with Crippen LogP contribution < -0.4 is 10.6 Å². The molecular formula is C20H25ClN2O. The van der Waals surface area contributed by atoms with Crippen LogP contribution in [0.25, 0.3) is 0 Å². The molecule has 24 heavy (non-hydrogen) atoms. The molecule has 128 valence electrons. The van der Waals surface area contributed by atoms with E-state index in [9.17, 15) is 4.79 Å². The summed E-state index contributed by atoms with van der Waals surface area (Å²) in [6.07, 6.45) is 2.05. The molecule has 0 fully saturated rings. The van der Waals surface area contributed by atoms with Crippen molar-refractivity contribution >= 4 is 24.0 Å². The molecule has 0 saturated heterocycles. The molecule has 2 atom stereocenters. The maximum atomic E-state index is 13.0. The quantitative estimate of drug-likeness (QED) is 0.913. The van der Waals surface area contributed by atoms with Crippen LogP contribution in [0.5, 0.6) is 0 Å². The molecule has 1 amide bonds. The fourth-order valence-corrected chi connectivity index (χ4v) is 3.32. The van der Waals surface area contributed by atoms with E-state index in [1.54, 1.807) is 0 Å². The lowest BCUT2D eigenvalue weighted by molar-refractivity contribution is -0.122. The molecule has 0 radical (unpaired) electrons. The average molecular weight is 345 g/mol. The van der Waals surface area contributed by atoms with Crippen LogP contribution in [0, 0.1) is 12.8 Å². The van der Waals surface area contributed by atoms with Gasteiger partial charge < -0.3 is 10.6 Å². The molecule has 2 unspecified atom stereocenters. The van der Waals surface area contributed by atoms with Gasteiger partial charge in [-0.2, -0.15) is 0 Å². The van der Waals surface area contributed by atoms with Gasteiger partial charge in [-0.15, -0.1) is 12.4 Å². The molecule has 4 heteroatoms. The van der Waals surface area contributed by atoms with Gasteiger partial charge in [-0.05, 0) is 37.0 Å². The Hall–Kier alpha value is -1.84. The van der Waals surface area contributed by atoms with E-state index in [0.29, 0.717) is 0 Å². The summed E-state index contributed by atoms with van der Waals surface area (Å²) >= 11 is 0. The Labute approximate surface area is 150 Å². The average Bonchev–Trinajstić information content (AvgIpc) is 2.59. The van der Waals surface area contributed by atoms with Crippen molar-refractivity contribution in [3.05, 3.63) is 65.2 Å². The molecule has 0 saturated carbocycles. The first kappa shape index (κ1) is 18.5. The summed E-state index contributed by atoms with van der Waals surface area (Å²) in [6, 6.07) is 15.9. The van der Waals surface area contributed by atoms with Crippen LogP contribution in [0.1, 0.15) is 36.1 Å². The zero-order valence-electron chi connectivity index (χ0n) is 14.2. The van der Waals surface area contributed by atoms with Crippen LogP contribution >= 0.6 is 12.4 Å². The lowest BCUT2D eigenvalue weighted by atomic mass is 9.92. The van der Waals surface area contributed by atoms with Crippen molar-refractivity contribution in [1.29, 1.82) is 0 Å². The van der Waals surface area contributed by atoms with Gasteiger partial charge in [0.05, 0.1) is 5.92 Å². The first-order valence-corrected chi connectivity index (χ1v) is 8.29. The van der Waals surface area contributed by atoms with Gasteiger partial charge in [-0.3, -0.25) is 4.79 Å². The maximum Gasteiger partial charge on any atom is 0.231 e. The zero-order chi connectivity index (χ0) is 16.4. The molecule has 0 bridgehead atoms. The molecule has 0 aromatic heterocycles. The highest BCUT2D eigenvalue weighted by Gasteiger charge is 2.30. The summed E-state index contributed by atoms with van der Waals surface area (Å²) in [5.74, 6) is -0.129. The largest absolute Gasteiger partial charge is 0.323 e. The number of nitrogens with zero attached hydrogens (tertiary/aromatic N) is 1. The third kappa shape index (κ3) is 3.63. The number of aryl methyl sites for hydroxylation is 2.